The summed E-state index contributed by atoms with van der Waals surface area (Å²) in [7, 11) is 1.57. The number of ether oxygens (including phenoxy) is 1. The number of thiophene rings is 1. The Bertz CT molecular complexity index is 1030. The molecule has 28 heavy (non-hydrogen) atoms. The first-order valence-corrected chi connectivity index (χ1v) is 9.56. The molecule has 0 aliphatic carbocycles. The van der Waals surface area contributed by atoms with Crippen LogP contribution < -0.4 is 15.0 Å². The molecule has 0 radical (unpaired) electrons. The first kappa shape index (κ1) is 18.2. The molecule has 1 N–H and O–H groups in total. The van der Waals surface area contributed by atoms with Gasteiger partial charge in [-0.05, 0) is 30.5 Å². The number of hydrogen-bond acceptors (Lipinski definition) is 7. The molecule has 3 aromatic rings. The lowest BCUT2D eigenvalue weighted by Gasteiger charge is -2.17. The second kappa shape index (κ2) is 7.43. The first-order chi connectivity index (χ1) is 13.5. The molecule has 0 bridgehead atoms. The second-order valence-electron chi connectivity index (χ2n) is 6.41. The Balaban J connectivity index is 1.48. The quantitative estimate of drug-likeness (QED) is 0.709. The molecule has 8 nitrogen and oxygen atoms in total. The number of benzene rings is 1. The summed E-state index contributed by atoms with van der Waals surface area (Å²) in [6, 6.07) is 9.06. The highest BCUT2D eigenvalue weighted by molar-refractivity contribution is 7.15. The van der Waals surface area contributed by atoms with E-state index in [1.165, 1.54) is 11.3 Å². The minimum atomic E-state index is -0.446. The standard InChI is InChI=1S/C19H18N4O4S/c1-11-20-18(27-22-11)15-6-7-28-19(15)21-17(25)12-8-16(24)23(10-12)13-4-3-5-14(9-13)26-2/h3-7,9,12H,8,10H2,1-2H3,(H,21,25). The normalized spacial score (nSPS) is 16.4. The number of aromatic nitrogens is 2. The Hall–Kier alpha value is -3.20. The van der Waals surface area contributed by atoms with Crippen LogP contribution in [-0.4, -0.2) is 35.6 Å². The van der Waals surface area contributed by atoms with Crippen LogP contribution in [0.4, 0.5) is 10.7 Å². The van der Waals surface area contributed by atoms with Crippen LogP contribution in [0, 0.1) is 12.8 Å². The van der Waals surface area contributed by atoms with Gasteiger partial charge in [-0.3, -0.25) is 9.59 Å². The van der Waals surface area contributed by atoms with Crippen LogP contribution in [0.15, 0.2) is 40.2 Å². The van der Waals surface area contributed by atoms with Crippen LogP contribution in [0.2, 0.25) is 0 Å². The fourth-order valence-corrected chi connectivity index (χ4v) is 3.89. The zero-order chi connectivity index (χ0) is 19.7. The van der Waals surface area contributed by atoms with Gasteiger partial charge in [0.2, 0.25) is 11.8 Å². The Morgan fingerprint density at radius 1 is 1.39 bits per heavy atom. The van der Waals surface area contributed by atoms with Gasteiger partial charge < -0.3 is 19.5 Å². The highest BCUT2D eigenvalue weighted by Crippen LogP contribution is 2.34. The monoisotopic (exact) mass is 398 g/mol. The molecule has 1 aliphatic heterocycles. The van der Waals surface area contributed by atoms with Gasteiger partial charge in [0.25, 0.3) is 5.89 Å². The summed E-state index contributed by atoms with van der Waals surface area (Å²) in [6.07, 6.45) is 0.156. The number of amides is 2. The molecule has 1 fully saturated rings. The van der Waals surface area contributed by atoms with Gasteiger partial charge in [0.1, 0.15) is 10.8 Å². The minimum Gasteiger partial charge on any atom is -0.497 e. The van der Waals surface area contributed by atoms with Crippen molar-refractivity contribution in [3.05, 3.63) is 41.5 Å². The average Bonchev–Trinajstić information content (AvgIpc) is 3.41. The largest absolute Gasteiger partial charge is 0.497 e. The van der Waals surface area contributed by atoms with Crippen molar-refractivity contribution in [2.45, 2.75) is 13.3 Å². The van der Waals surface area contributed by atoms with E-state index < -0.39 is 5.92 Å². The van der Waals surface area contributed by atoms with Crippen LogP contribution in [-0.2, 0) is 9.59 Å². The fourth-order valence-electron chi connectivity index (χ4n) is 3.11. The summed E-state index contributed by atoms with van der Waals surface area (Å²) in [6.45, 7) is 2.05. The topological polar surface area (TPSA) is 97.6 Å². The predicted molar refractivity (Wildman–Crippen MR) is 104 cm³/mol. The Kier molecular flexibility index (Phi) is 4.82. The molecule has 2 amide bonds. The molecule has 1 aromatic carbocycles. The number of methoxy groups -OCH3 is 1. The Morgan fingerprint density at radius 2 is 2.25 bits per heavy atom. The van der Waals surface area contributed by atoms with E-state index in [0.29, 0.717) is 34.6 Å². The highest BCUT2D eigenvalue weighted by Gasteiger charge is 2.35. The van der Waals surface area contributed by atoms with E-state index in [2.05, 4.69) is 15.5 Å². The Morgan fingerprint density at radius 3 is 3.00 bits per heavy atom. The molecule has 0 saturated carbocycles. The van der Waals surface area contributed by atoms with E-state index >= 15 is 0 Å². The van der Waals surface area contributed by atoms with Gasteiger partial charge in [-0.1, -0.05) is 11.2 Å². The molecule has 1 aliphatic rings. The predicted octanol–water partition coefficient (Wildman–Crippen LogP) is 3.11. The molecule has 1 unspecified atom stereocenters. The third-order valence-electron chi connectivity index (χ3n) is 4.52. The number of anilines is 2. The van der Waals surface area contributed by atoms with Crippen molar-refractivity contribution in [3.63, 3.8) is 0 Å². The fraction of sp³-hybridized carbons (Fsp3) is 0.263. The molecule has 144 valence electrons. The summed E-state index contributed by atoms with van der Waals surface area (Å²) >= 11 is 1.37. The lowest BCUT2D eigenvalue weighted by molar-refractivity contribution is -0.122. The summed E-state index contributed by atoms with van der Waals surface area (Å²) in [4.78, 5) is 31.0. The van der Waals surface area contributed by atoms with Gasteiger partial charge in [0, 0.05) is 24.7 Å². The van der Waals surface area contributed by atoms with E-state index in [4.69, 9.17) is 9.26 Å². The number of hydrogen-bond donors (Lipinski definition) is 1. The van der Waals surface area contributed by atoms with Gasteiger partial charge in [-0.25, -0.2) is 0 Å². The van der Waals surface area contributed by atoms with Gasteiger partial charge in [-0.2, -0.15) is 4.98 Å². The van der Waals surface area contributed by atoms with Crippen molar-refractivity contribution < 1.29 is 18.8 Å². The number of nitrogens with one attached hydrogen (secondary N) is 1. The molecule has 3 heterocycles. The number of nitrogens with zero attached hydrogens (tertiary/aromatic N) is 3. The van der Waals surface area contributed by atoms with Crippen LogP contribution in [0.25, 0.3) is 11.5 Å². The molecular formula is C19H18N4O4S. The maximum absolute atomic E-state index is 12.8. The zero-order valence-electron chi connectivity index (χ0n) is 15.3. The van der Waals surface area contributed by atoms with E-state index in [1.807, 2.05) is 29.6 Å². The second-order valence-corrected chi connectivity index (χ2v) is 7.32. The third-order valence-corrected chi connectivity index (χ3v) is 5.35. The smallest absolute Gasteiger partial charge is 0.260 e. The average molecular weight is 398 g/mol. The van der Waals surface area contributed by atoms with Gasteiger partial charge in [0.15, 0.2) is 5.82 Å². The summed E-state index contributed by atoms with van der Waals surface area (Å²) in [5, 5.41) is 9.15. The van der Waals surface area contributed by atoms with Crippen molar-refractivity contribution >= 4 is 33.8 Å². The van der Waals surface area contributed by atoms with Crippen molar-refractivity contribution in [2.24, 2.45) is 5.92 Å². The lowest BCUT2D eigenvalue weighted by atomic mass is 10.1. The minimum absolute atomic E-state index is 0.0904. The van der Waals surface area contributed by atoms with E-state index in [9.17, 15) is 9.59 Å². The summed E-state index contributed by atoms with van der Waals surface area (Å²) in [5.74, 6) is 0.795. The molecule has 0 spiro atoms. The number of carbonyl (C=O) groups excluding carboxylic acids is 2. The SMILES string of the molecule is COc1cccc(N2CC(C(=O)Nc3sccc3-c3nc(C)no3)CC2=O)c1. The van der Waals surface area contributed by atoms with Gasteiger partial charge in [0.05, 0.1) is 18.6 Å². The summed E-state index contributed by atoms with van der Waals surface area (Å²) in [5.41, 5.74) is 1.39. The molecule has 1 saturated heterocycles. The van der Waals surface area contributed by atoms with Crippen molar-refractivity contribution in [1.82, 2.24) is 10.1 Å². The van der Waals surface area contributed by atoms with Gasteiger partial charge in [-0.15, -0.1) is 11.3 Å². The third kappa shape index (κ3) is 3.48. The molecular weight excluding hydrogens is 380 g/mol. The molecule has 9 heteroatoms. The number of aryl methyl sites for hydroxylation is 1. The summed E-state index contributed by atoms with van der Waals surface area (Å²) < 4.78 is 10.4. The molecule has 1 atom stereocenters. The van der Waals surface area contributed by atoms with E-state index in [0.717, 1.165) is 5.69 Å². The number of carbonyl (C=O) groups is 2. The van der Waals surface area contributed by atoms with E-state index in [1.54, 1.807) is 25.0 Å². The van der Waals surface area contributed by atoms with Crippen molar-refractivity contribution in [1.29, 1.82) is 0 Å². The van der Waals surface area contributed by atoms with Gasteiger partial charge >= 0.3 is 0 Å². The maximum Gasteiger partial charge on any atom is 0.260 e. The highest BCUT2D eigenvalue weighted by atomic mass is 32.1. The number of rotatable bonds is 5. The Labute approximate surface area is 165 Å². The zero-order valence-corrected chi connectivity index (χ0v) is 16.2. The molecule has 2 aromatic heterocycles. The van der Waals surface area contributed by atoms with Crippen LogP contribution in [0.5, 0.6) is 5.75 Å². The molecule has 4 rings (SSSR count). The first-order valence-electron chi connectivity index (χ1n) is 8.68. The van der Waals surface area contributed by atoms with Crippen molar-refractivity contribution in [2.75, 3.05) is 23.9 Å². The van der Waals surface area contributed by atoms with Crippen LogP contribution in [0.1, 0.15) is 12.2 Å². The van der Waals surface area contributed by atoms with Crippen LogP contribution >= 0.6 is 11.3 Å². The van der Waals surface area contributed by atoms with Crippen molar-refractivity contribution in [3.8, 4) is 17.2 Å². The maximum atomic E-state index is 12.8. The van der Waals surface area contributed by atoms with Crippen LogP contribution in [0.3, 0.4) is 0 Å². The lowest BCUT2D eigenvalue weighted by Crippen LogP contribution is -2.28. The van der Waals surface area contributed by atoms with E-state index in [-0.39, 0.29) is 18.2 Å².